The highest BCUT2D eigenvalue weighted by molar-refractivity contribution is 7.98. The molecule has 24 heavy (non-hydrogen) atoms. The van der Waals surface area contributed by atoms with Crippen molar-refractivity contribution in [3.63, 3.8) is 0 Å². The van der Waals surface area contributed by atoms with E-state index in [1.165, 1.54) is 11.1 Å². The minimum Gasteiger partial charge on any atom is -0.481 e. The minimum absolute atomic E-state index is 0.120. The van der Waals surface area contributed by atoms with Crippen LogP contribution in [0.2, 0.25) is 5.02 Å². The van der Waals surface area contributed by atoms with Crippen molar-refractivity contribution in [2.75, 3.05) is 12.3 Å². The average molecular weight is 364 g/mol. The lowest BCUT2D eigenvalue weighted by Crippen LogP contribution is -2.37. The topological polar surface area (TPSA) is 38.3 Å². The zero-order valence-electron chi connectivity index (χ0n) is 13.9. The molecule has 0 aromatic heterocycles. The van der Waals surface area contributed by atoms with Gasteiger partial charge in [0.15, 0.2) is 6.10 Å². The van der Waals surface area contributed by atoms with E-state index in [1.807, 2.05) is 0 Å². The number of carbonyl (C=O) groups is 1. The van der Waals surface area contributed by atoms with Gasteiger partial charge in [0.05, 0.1) is 0 Å². The van der Waals surface area contributed by atoms with Gasteiger partial charge in [-0.1, -0.05) is 47.5 Å². The van der Waals surface area contributed by atoms with Gasteiger partial charge >= 0.3 is 0 Å². The van der Waals surface area contributed by atoms with Gasteiger partial charge < -0.3 is 10.1 Å². The second kappa shape index (κ2) is 9.60. The number of rotatable bonds is 8. The molecule has 0 aliphatic heterocycles. The molecule has 0 aliphatic rings. The van der Waals surface area contributed by atoms with E-state index >= 15 is 0 Å². The van der Waals surface area contributed by atoms with Gasteiger partial charge in [0.25, 0.3) is 5.91 Å². The fraction of sp³-hybridized carbons (Fsp3) is 0.316. The van der Waals surface area contributed by atoms with Crippen LogP contribution in [0.4, 0.5) is 0 Å². The molecule has 0 saturated carbocycles. The Morgan fingerprint density at radius 2 is 2.00 bits per heavy atom. The number of ether oxygens (including phenoxy) is 1. The molecule has 0 radical (unpaired) electrons. The van der Waals surface area contributed by atoms with Gasteiger partial charge in [-0.2, -0.15) is 11.8 Å². The van der Waals surface area contributed by atoms with Crippen molar-refractivity contribution in [1.82, 2.24) is 5.32 Å². The lowest BCUT2D eigenvalue weighted by Gasteiger charge is -2.14. The summed E-state index contributed by atoms with van der Waals surface area (Å²) >= 11 is 7.70. The maximum absolute atomic E-state index is 12.0. The van der Waals surface area contributed by atoms with Crippen LogP contribution in [0.5, 0.6) is 5.75 Å². The maximum atomic E-state index is 12.0. The number of aryl methyl sites for hydroxylation is 1. The van der Waals surface area contributed by atoms with Crippen molar-refractivity contribution in [2.45, 2.75) is 25.7 Å². The Bertz CT molecular complexity index is 661. The summed E-state index contributed by atoms with van der Waals surface area (Å²) in [6.45, 7) is 4.44. The molecule has 0 bridgehead atoms. The van der Waals surface area contributed by atoms with Gasteiger partial charge in [-0.25, -0.2) is 0 Å². The SMILES string of the molecule is Cc1ccc(CSCCNC(=O)C(C)Oc2cccc(Cl)c2)cc1. The molecular formula is C19H22ClNO2S. The maximum Gasteiger partial charge on any atom is 0.260 e. The van der Waals surface area contributed by atoms with Crippen LogP contribution in [0.3, 0.4) is 0 Å². The van der Waals surface area contributed by atoms with E-state index in [0.717, 1.165) is 11.5 Å². The van der Waals surface area contributed by atoms with Crippen LogP contribution in [0.1, 0.15) is 18.1 Å². The third-order valence-electron chi connectivity index (χ3n) is 3.41. The molecule has 5 heteroatoms. The summed E-state index contributed by atoms with van der Waals surface area (Å²) in [6.07, 6.45) is -0.550. The van der Waals surface area contributed by atoms with E-state index in [0.29, 0.717) is 17.3 Å². The van der Waals surface area contributed by atoms with Crippen LogP contribution in [-0.2, 0) is 10.5 Å². The Morgan fingerprint density at radius 3 is 2.71 bits per heavy atom. The summed E-state index contributed by atoms with van der Waals surface area (Å²) in [5, 5.41) is 3.49. The number of nitrogens with one attached hydrogen (secondary N) is 1. The zero-order valence-corrected chi connectivity index (χ0v) is 15.5. The standard InChI is InChI=1S/C19H22ClNO2S/c1-14-6-8-16(9-7-14)13-24-11-10-21-19(22)15(2)23-18-5-3-4-17(20)12-18/h3-9,12,15H,10-11,13H2,1-2H3,(H,21,22). The molecule has 0 heterocycles. The first-order valence-corrected chi connectivity index (χ1v) is 9.41. The molecular weight excluding hydrogens is 342 g/mol. The van der Waals surface area contributed by atoms with Crippen LogP contribution >= 0.6 is 23.4 Å². The first-order chi connectivity index (χ1) is 11.5. The molecule has 2 rings (SSSR count). The molecule has 0 saturated heterocycles. The molecule has 0 fully saturated rings. The lowest BCUT2D eigenvalue weighted by molar-refractivity contribution is -0.127. The molecule has 3 nitrogen and oxygen atoms in total. The van der Waals surface area contributed by atoms with E-state index < -0.39 is 6.10 Å². The summed E-state index contributed by atoms with van der Waals surface area (Å²) in [5.74, 6) is 2.29. The summed E-state index contributed by atoms with van der Waals surface area (Å²) in [6, 6.07) is 15.6. The lowest BCUT2D eigenvalue weighted by atomic mass is 10.2. The Hall–Kier alpha value is -1.65. The number of carbonyl (C=O) groups excluding carboxylic acids is 1. The molecule has 1 unspecified atom stereocenters. The van der Waals surface area contributed by atoms with Crippen LogP contribution in [0.25, 0.3) is 0 Å². The zero-order chi connectivity index (χ0) is 17.4. The van der Waals surface area contributed by atoms with Gasteiger partial charge in [-0.05, 0) is 37.6 Å². The summed E-state index contributed by atoms with van der Waals surface area (Å²) in [7, 11) is 0. The van der Waals surface area contributed by atoms with Gasteiger partial charge in [0, 0.05) is 23.1 Å². The molecule has 128 valence electrons. The molecule has 0 aliphatic carbocycles. The Kier molecular flexibility index (Phi) is 7.47. The second-order valence-corrected chi connectivity index (χ2v) is 7.09. The third-order valence-corrected chi connectivity index (χ3v) is 4.68. The average Bonchev–Trinajstić information content (AvgIpc) is 2.56. The van der Waals surface area contributed by atoms with Crippen LogP contribution in [0.15, 0.2) is 48.5 Å². The highest BCUT2D eigenvalue weighted by Gasteiger charge is 2.14. The fourth-order valence-corrected chi connectivity index (χ4v) is 3.06. The molecule has 2 aromatic rings. The molecule has 1 N–H and O–H groups in total. The van der Waals surface area contributed by atoms with Gasteiger partial charge in [-0.3, -0.25) is 4.79 Å². The van der Waals surface area contributed by atoms with Gasteiger partial charge in [0.2, 0.25) is 0 Å². The van der Waals surface area contributed by atoms with E-state index in [2.05, 4.69) is 36.5 Å². The van der Waals surface area contributed by atoms with Crippen LogP contribution in [0, 0.1) is 6.92 Å². The summed E-state index contributed by atoms with van der Waals surface area (Å²) in [4.78, 5) is 12.0. The number of amides is 1. The molecule has 1 atom stereocenters. The van der Waals surface area contributed by atoms with Gasteiger partial charge in [-0.15, -0.1) is 0 Å². The predicted molar refractivity (Wildman–Crippen MR) is 102 cm³/mol. The van der Waals surface area contributed by atoms with E-state index in [4.69, 9.17) is 16.3 Å². The highest BCUT2D eigenvalue weighted by atomic mass is 35.5. The minimum atomic E-state index is -0.550. The van der Waals surface area contributed by atoms with Crippen molar-refractivity contribution in [3.8, 4) is 5.75 Å². The number of thioether (sulfide) groups is 1. The van der Waals surface area contributed by atoms with Crippen LogP contribution < -0.4 is 10.1 Å². The second-order valence-electron chi connectivity index (χ2n) is 5.55. The molecule has 0 spiro atoms. The fourth-order valence-electron chi connectivity index (χ4n) is 2.06. The van der Waals surface area contributed by atoms with E-state index in [-0.39, 0.29) is 5.91 Å². The van der Waals surface area contributed by atoms with E-state index in [9.17, 15) is 4.79 Å². The predicted octanol–water partition coefficient (Wildman–Crippen LogP) is 4.47. The molecule has 1 amide bonds. The Labute approximate surface area is 152 Å². The highest BCUT2D eigenvalue weighted by Crippen LogP contribution is 2.18. The quantitative estimate of drug-likeness (QED) is 0.703. The molecule has 2 aromatic carbocycles. The van der Waals surface area contributed by atoms with Crippen molar-refractivity contribution in [1.29, 1.82) is 0 Å². The van der Waals surface area contributed by atoms with Crippen LogP contribution in [-0.4, -0.2) is 24.3 Å². The number of hydrogen-bond acceptors (Lipinski definition) is 3. The first kappa shape index (κ1) is 18.7. The van der Waals surface area contributed by atoms with Crippen molar-refractivity contribution >= 4 is 29.3 Å². The Morgan fingerprint density at radius 1 is 1.25 bits per heavy atom. The monoisotopic (exact) mass is 363 g/mol. The van der Waals surface area contributed by atoms with E-state index in [1.54, 1.807) is 43.0 Å². The van der Waals surface area contributed by atoms with Crippen molar-refractivity contribution < 1.29 is 9.53 Å². The first-order valence-electron chi connectivity index (χ1n) is 7.88. The van der Waals surface area contributed by atoms with Crippen molar-refractivity contribution in [3.05, 3.63) is 64.7 Å². The number of hydrogen-bond donors (Lipinski definition) is 1. The number of halogens is 1. The number of benzene rings is 2. The Balaban J connectivity index is 1.64. The van der Waals surface area contributed by atoms with Gasteiger partial charge in [0.1, 0.15) is 5.75 Å². The third kappa shape index (κ3) is 6.46. The summed E-state index contributed by atoms with van der Waals surface area (Å²) < 4.78 is 5.59. The smallest absolute Gasteiger partial charge is 0.260 e. The van der Waals surface area contributed by atoms with Crippen molar-refractivity contribution in [2.24, 2.45) is 0 Å². The largest absolute Gasteiger partial charge is 0.481 e. The normalized spacial score (nSPS) is 11.8. The summed E-state index contributed by atoms with van der Waals surface area (Å²) in [5.41, 5.74) is 2.57.